The van der Waals surface area contributed by atoms with E-state index in [0.717, 1.165) is 0 Å². The molecule has 0 aromatic carbocycles. The van der Waals surface area contributed by atoms with E-state index in [1.54, 1.807) is 0 Å². The fourth-order valence-electron chi connectivity index (χ4n) is 0.691. The topological polar surface area (TPSA) is 43.1 Å². The molecule has 2 N–H and O–H groups in total. The Morgan fingerprint density at radius 3 is 1.88 bits per heavy atom. The predicted molar refractivity (Wildman–Crippen MR) is 41.8 cm³/mol. The molecule has 0 aliphatic carbocycles. The Hall–Kier alpha value is -0.0962. The van der Waals surface area contributed by atoms with Gasteiger partial charge in [-0.05, 0) is 0 Å². The van der Waals surface area contributed by atoms with Gasteiger partial charge in [0.05, 0.1) is 0 Å². The van der Waals surface area contributed by atoms with Crippen molar-refractivity contribution in [3.63, 3.8) is 0 Å². The van der Waals surface area contributed by atoms with Crippen LogP contribution in [0, 0.1) is 0 Å². The third-order valence-corrected chi connectivity index (χ3v) is 7.63. The van der Waals surface area contributed by atoms with Crippen molar-refractivity contribution in [2.24, 2.45) is 5.73 Å². The molecule has 0 rings (SSSR count). The minimum atomic E-state index is -0.132. The normalized spacial score (nSPS) is 16.2. The first kappa shape index (κ1) is 7.90. The van der Waals surface area contributed by atoms with Gasteiger partial charge in [0, 0.05) is 24.2 Å². The molecule has 0 spiro atoms. The molecule has 0 aliphatic rings. The van der Waals surface area contributed by atoms with Gasteiger partial charge in [0.2, 0.25) is 5.91 Å². The third-order valence-electron chi connectivity index (χ3n) is 1.39. The Morgan fingerprint density at radius 2 is 1.88 bits per heavy atom. The summed E-state index contributed by atoms with van der Waals surface area (Å²) in [6, 6.07) is 0. The zero-order valence-corrected chi connectivity index (χ0v) is 8.31. The number of hydrogen-bond acceptors (Lipinski definition) is 1. The maximum absolute atomic E-state index is 10.5. The molecule has 0 aromatic heterocycles. The summed E-state index contributed by atoms with van der Waals surface area (Å²) in [7, 11) is -0.265. The minimum Gasteiger partial charge on any atom is -0.370 e. The quantitative estimate of drug-likeness (QED) is 0.493. The fourth-order valence-corrected chi connectivity index (χ4v) is 3.81. The first-order chi connectivity index (χ1) is 3.72. The molecule has 1 amide bonds. The maximum Gasteiger partial charge on any atom is 0.214 e. The second-order valence-electron chi connectivity index (χ2n) is 1.92. The standard InChI is InChI=1S/C4H13NOSi2/c1-7-4(8-2)3(5)6/h4H,7-8H2,1-2H3,(H2,5,6). The molecule has 8 heavy (non-hydrogen) atoms. The summed E-state index contributed by atoms with van der Waals surface area (Å²) < 4.78 is 0. The molecule has 0 unspecified atom stereocenters. The van der Waals surface area contributed by atoms with Crippen LogP contribution in [0.15, 0.2) is 0 Å². The van der Waals surface area contributed by atoms with Crippen LogP contribution in [0.4, 0.5) is 0 Å². The lowest BCUT2D eigenvalue weighted by atomic mass is 10.7. The number of carbonyl (C=O) groups excluding carboxylic acids is 1. The fraction of sp³-hybridized carbons (Fsp3) is 0.750. The number of amides is 1. The highest BCUT2D eigenvalue weighted by Crippen LogP contribution is 1.96. The molecule has 0 radical (unpaired) electrons. The summed E-state index contributed by atoms with van der Waals surface area (Å²) in [4.78, 5) is 10.5. The van der Waals surface area contributed by atoms with Gasteiger partial charge in [0.1, 0.15) is 0 Å². The van der Waals surface area contributed by atoms with Crippen LogP contribution in [0.3, 0.4) is 0 Å². The van der Waals surface area contributed by atoms with E-state index in [1.165, 1.54) is 0 Å². The first-order valence-corrected chi connectivity index (χ1v) is 7.47. The summed E-state index contributed by atoms with van der Waals surface area (Å²) in [5, 5.41) is 0.370. The van der Waals surface area contributed by atoms with Gasteiger partial charge in [-0.1, -0.05) is 13.1 Å². The van der Waals surface area contributed by atoms with E-state index in [1.807, 2.05) is 0 Å². The lowest BCUT2D eigenvalue weighted by molar-refractivity contribution is -0.116. The average molecular weight is 147 g/mol. The predicted octanol–water partition coefficient (Wildman–Crippen LogP) is -1.35. The molecule has 0 aliphatic heterocycles. The monoisotopic (exact) mass is 147 g/mol. The van der Waals surface area contributed by atoms with Crippen molar-refractivity contribution in [1.29, 1.82) is 0 Å². The van der Waals surface area contributed by atoms with Crippen molar-refractivity contribution in [3.05, 3.63) is 0 Å². The van der Waals surface area contributed by atoms with Crippen molar-refractivity contribution >= 4 is 24.9 Å². The van der Waals surface area contributed by atoms with Gasteiger partial charge in [-0.15, -0.1) is 0 Å². The lowest BCUT2D eigenvalue weighted by Gasteiger charge is -2.02. The summed E-state index contributed by atoms with van der Waals surface area (Å²) in [6.07, 6.45) is 0. The van der Waals surface area contributed by atoms with E-state index >= 15 is 0 Å². The van der Waals surface area contributed by atoms with E-state index in [0.29, 0.717) is 5.16 Å². The molecule has 0 aromatic rings. The van der Waals surface area contributed by atoms with Crippen molar-refractivity contribution in [3.8, 4) is 0 Å². The summed E-state index contributed by atoms with van der Waals surface area (Å²) >= 11 is 0. The summed E-state index contributed by atoms with van der Waals surface area (Å²) in [6.45, 7) is 4.29. The van der Waals surface area contributed by atoms with E-state index in [-0.39, 0.29) is 24.9 Å². The Labute approximate surface area is 54.5 Å². The Balaban J connectivity index is 3.52. The Kier molecular flexibility index (Phi) is 3.81. The number of nitrogens with two attached hydrogens (primary N) is 1. The number of primary amides is 1. The van der Waals surface area contributed by atoms with E-state index < -0.39 is 0 Å². The van der Waals surface area contributed by atoms with Gasteiger partial charge in [-0.25, -0.2) is 0 Å². The van der Waals surface area contributed by atoms with Crippen LogP contribution in [0.1, 0.15) is 0 Å². The first-order valence-electron chi connectivity index (χ1n) is 3.01. The molecule has 0 saturated carbocycles. The molecular formula is C4H13NOSi2. The molecule has 0 atom stereocenters. The second-order valence-corrected chi connectivity index (χ2v) is 6.67. The van der Waals surface area contributed by atoms with Crippen LogP contribution in [-0.4, -0.2) is 24.9 Å². The minimum absolute atomic E-state index is 0.0478. The molecular weight excluding hydrogens is 134 g/mol. The average Bonchev–Trinajstić information content (AvgIpc) is 1.69. The number of hydrogen-bond donors (Lipinski definition) is 1. The molecule has 0 bridgehead atoms. The van der Waals surface area contributed by atoms with E-state index in [2.05, 4.69) is 13.1 Å². The van der Waals surface area contributed by atoms with Crippen molar-refractivity contribution < 1.29 is 4.79 Å². The van der Waals surface area contributed by atoms with E-state index in [9.17, 15) is 4.79 Å². The highest BCUT2D eigenvalue weighted by Gasteiger charge is 2.08. The van der Waals surface area contributed by atoms with Crippen molar-refractivity contribution in [1.82, 2.24) is 0 Å². The summed E-state index contributed by atoms with van der Waals surface area (Å²) in [5.74, 6) is -0.0478. The molecule has 2 nitrogen and oxygen atoms in total. The highest BCUT2D eigenvalue weighted by molar-refractivity contribution is 6.64. The van der Waals surface area contributed by atoms with Crippen molar-refractivity contribution in [2.45, 2.75) is 18.3 Å². The van der Waals surface area contributed by atoms with Crippen molar-refractivity contribution in [2.75, 3.05) is 0 Å². The molecule has 48 valence electrons. The number of rotatable bonds is 3. The molecule has 0 heterocycles. The van der Waals surface area contributed by atoms with Gasteiger partial charge in [-0.2, -0.15) is 0 Å². The second kappa shape index (κ2) is 3.85. The lowest BCUT2D eigenvalue weighted by Crippen LogP contribution is -2.25. The Bertz CT molecular complexity index is 82.1. The largest absolute Gasteiger partial charge is 0.370 e. The third kappa shape index (κ3) is 2.27. The maximum atomic E-state index is 10.5. The van der Waals surface area contributed by atoms with Crippen LogP contribution in [0.5, 0.6) is 0 Å². The van der Waals surface area contributed by atoms with Crippen LogP contribution < -0.4 is 5.73 Å². The van der Waals surface area contributed by atoms with Gasteiger partial charge >= 0.3 is 0 Å². The van der Waals surface area contributed by atoms with Crippen LogP contribution in [0.2, 0.25) is 18.3 Å². The smallest absolute Gasteiger partial charge is 0.214 e. The van der Waals surface area contributed by atoms with Gasteiger partial charge in [0.25, 0.3) is 0 Å². The van der Waals surface area contributed by atoms with Gasteiger partial charge in [0.15, 0.2) is 0 Å². The summed E-state index contributed by atoms with van der Waals surface area (Å²) in [5.41, 5.74) is 5.09. The zero-order chi connectivity index (χ0) is 6.57. The Morgan fingerprint density at radius 1 is 1.50 bits per heavy atom. The van der Waals surface area contributed by atoms with Crippen LogP contribution >= 0.6 is 0 Å². The van der Waals surface area contributed by atoms with Gasteiger partial charge < -0.3 is 5.73 Å². The molecule has 0 saturated heterocycles. The SMILES string of the molecule is C[SiH2]C([SiH2]C)C(N)=O. The number of carbonyl (C=O) groups is 1. The molecule has 0 fully saturated rings. The van der Waals surface area contributed by atoms with E-state index in [4.69, 9.17) is 5.73 Å². The zero-order valence-electron chi connectivity index (χ0n) is 5.48. The highest BCUT2D eigenvalue weighted by atomic mass is 28.3. The van der Waals surface area contributed by atoms with Crippen LogP contribution in [-0.2, 0) is 4.79 Å². The van der Waals surface area contributed by atoms with Gasteiger partial charge in [-0.3, -0.25) is 4.79 Å². The van der Waals surface area contributed by atoms with Crippen LogP contribution in [0.25, 0.3) is 0 Å². The molecule has 4 heteroatoms.